The summed E-state index contributed by atoms with van der Waals surface area (Å²) in [7, 11) is 1.61. The number of imidazole rings is 1. The molecule has 0 spiro atoms. The molecule has 0 radical (unpaired) electrons. The maximum absolute atomic E-state index is 14.1. The number of nitrogens with one attached hydrogen (secondary N) is 1. The van der Waals surface area contributed by atoms with E-state index in [9.17, 15) is 24.0 Å². The van der Waals surface area contributed by atoms with Crippen LogP contribution in [0.1, 0.15) is 102 Å². The van der Waals surface area contributed by atoms with Crippen molar-refractivity contribution in [3.63, 3.8) is 0 Å². The molecular weight excluding hydrogens is 953 g/mol. The Hall–Kier alpha value is -8.14. The first-order valence-electron chi connectivity index (χ1n) is 24.5. The fourth-order valence-corrected chi connectivity index (χ4v) is 8.45. The number of benzene rings is 2. The number of methoxy groups -OCH3 is 1. The van der Waals surface area contributed by atoms with E-state index in [2.05, 4.69) is 15.5 Å². The zero-order valence-electron chi connectivity index (χ0n) is 43.2. The van der Waals surface area contributed by atoms with Crippen molar-refractivity contribution in [1.29, 1.82) is 0 Å². The van der Waals surface area contributed by atoms with Gasteiger partial charge < -0.3 is 49.6 Å². The third-order valence-electron chi connectivity index (χ3n) is 11.7. The van der Waals surface area contributed by atoms with E-state index < -0.39 is 29.5 Å². The molecule has 7 aromatic rings. The van der Waals surface area contributed by atoms with Gasteiger partial charge in [0.2, 0.25) is 11.8 Å². The van der Waals surface area contributed by atoms with Gasteiger partial charge >= 0.3 is 12.1 Å². The second kappa shape index (κ2) is 23.6. The molecule has 2 aromatic carbocycles. The van der Waals surface area contributed by atoms with E-state index in [4.69, 9.17) is 50.1 Å². The number of ether oxygens (including phenoxy) is 5. The third kappa shape index (κ3) is 12.7. The number of alkyl carbamates (subject to hydrolysis) is 1. The van der Waals surface area contributed by atoms with E-state index in [1.165, 1.54) is 6.07 Å². The summed E-state index contributed by atoms with van der Waals surface area (Å²) in [5.74, 6) is -0.485. The van der Waals surface area contributed by atoms with Crippen LogP contribution in [0.2, 0.25) is 0 Å². The van der Waals surface area contributed by atoms with E-state index in [1.807, 2.05) is 59.7 Å². The molecule has 5 heterocycles. The number of Topliss-reactive ketones (excluding diaryl/α,β-unsaturated/α-hetero) is 1. The van der Waals surface area contributed by atoms with Crippen LogP contribution < -0.4 is 26.3 Å². The molecule has 392 valence electrons. The zero-order valence-corrected chi connectivity index (χ0v) is 43.2. The maximum atomic E-state index is 14.1. The van der Waals surface area contributed by atoms with Crippen molar-refractivity contribution in [1.82, 2.24) is 49.0 Å². The number of fused-ring (bicyclic) bond motifs is 4. The molecule has 5 N–H and O–H groups in total. The molecule has 5 aromatic heterocycles. The zero-order chi connectivity index (χ0) is 53.3. The first kappa shape index (κ1) is 53.7. The van der Waals surface area contributed by atoms with Gasteiger partial charge in [0.25, 0.3) is 0 Å². The standard InChI is InChI=1S/C52H64N12O10/c1-9-63-38(23-31(3)59-63)40(65)29-43-57-37-26-34(48(54)68)28-42(71-20-13-16-55-51(69)73-22-15-44(66)74-52(5,6)7)46(37)61(43)17-11-12-18-62-45-35(25-33(47(53)67)27-41(45)72-21-14-19-70-8)36-30-56-49(58-50(36)62)39-24-32(4)60-64(39)10-2/h11-12,23-28,30H,9-10,13-22,29H2,1-8H3,(H2,53,67)(H2,54,68)(H,55,69)/b12-11+. The number of ketones is 1. The van der Waals surface area contributed by atoms with E-state index >= 15 is 0 Å². The van der Waals surface area contributed by atoms with Crippen LogP contribution in [0.5, 0.6) is 11.5 Å². The molecular formula is C52H64N12O10. The number of hydrogen-bond donors (Lipinski definition) is 3. The number of nitrogens with two attached hydrogens (primary N) is 2. The van der Waals surface area contributed by atoms with Crippen LogP contribution in [0.4, 0.5) is 4.79 Å². The number of aryl methyl sites for hydroxylation is 4. The first-order chi connectivity index (χ1) is 35.4. The molecule has 74 heavy (non-hydrogen) atoms. The molecule has 0 aliphatic rings. The van der Waals surface area contributed by atoms with Crippen LogP contribution >= 0.6 is 0 Å². The Morgan fingerprint density at radius 1 is 0.743 bits per heavy atom. The number of amides is 3. The normalized spacial score (nSPS) is 11.8. The average Bonchev–Trinajstić information content (AvgIpc) is 4.11. The minimum Gasteiger partial charge on any atom is -0.491 e. The molecule has 0 atom stereocenters. The number of allylic oxidation sites excluding steroid dienone is 2. The fraction of sp³-hybridized carbons (Fsp3) is 0.423. The van der Waals surface area contributed by atoms with Crippen molar-refractivity contribution in [2.75, 3.05) is 40.1 Å². The highest BCUT2D eigenvalue weighted by molar-refractivity contribution is 6.12. The van der Waals surface area contributed by atoms with Crippen molar-refractivity contribution < 1.29 is 47.7 Å². The lowest BCUT2D eigenvalue weighted by molar-refractivity contribution is -0.155. The van der Waals surface area contributed by atoms with Crippen molar-refractivity contribution in [2.24, 2.45) is 11.5 Å². The lowest BCUT2D eigenvalue weighted by Gasteiger charge is -2.19. The Morgan fingerprint density at radius 3 is 2.07 bits per heavy atom. The fourth-order valence-electron chi connectivity index (χ4n) is 8.45. The van der Waals surface area contributed by atoms with Gasteiger partial charge in [0.15, 0.2) is 11.6 Å². The van der Waals surface area contributed by atoms with Gasteiger partial charge in [-0.3, -0.25) is 28.5 Å². The molecule has 0 aliphatic carbocycles. The Bertz CT molecular complexity index is 3250. The highest BCUT2D eigenvalue weighted by Crippen LogP contribution is 2.37. The lowest BCUT2D eigenvalue weighted by Crippen LogP contribution is -2.28. The smallest absolute Gasteiger partial charge is 0.407 e. The molecule has 7 rings (SSSR count). The largest absolute Gasteiger partial charge is 0.491 e. The summed E-state index contributed by atoms with van der Waals surface area (Å²) in [6.07, 6.45) is 5.59. The minimum atomic E-state index is -0.709. The van der Waals surface area contributed by atoms with Crippen molar-refractivity contribution >= 4 is 62.6 Å². The van der Waals surface area contributed by atoms with E-state index in [-0.39, 0.29) is 68.3 Å². The van der Waals surface area contributed by atoms with Gasteiger partial charge in [0.1, 0.15) is 52.1 Å². The van der Waals surface area contributed by atoms with E-state index in [1.54, 1.807) is 63.0 Å². The van der Waals surface area contributed by atoms with Crippen LogP contribution in [-0.4, -0.2) is 119 Å². The van der Waals surface area contributed by atoms with Gasteiger partial charge in [0.05, 0.1) is 48.5 Å². The number of carbonyl (C=O) groups excluding carboxylic acids is 5. The van der Waals surface area contributed by atoms with Crippen LogP contribution in [0.3, 0.4) is 0 Å². The molecule has 0 bridgehead atoms. The lowest BCUT2D eigenvalue weighted by atomic mass is 10.1. The summed E-state index contributed by atoms with van der Waals surface area (Å²) in [5.41, 5.74) is 16.2. The monoisotopic (exact) mass is 1020 g/mol. The van der Waals surface area contributed by atoms with Crippen LogP contribution in [0.15, 0.2) is 54.7 Å². The summed E-state index contributed by atoms with van der Waals surface area (Å²) in [6.45, 7) is 15.3. The van der Waals surface area contributed by atoms with Gasteiger partial charge in [-0.05, 0) is 91.3 Å². The summed E-state index contributed by atoms with van der Waals surface area (Å²) in [5, 5.41) is 13.1. The first-order valence-corrected chi connectivity index (χ1v) is 24.5. The Morgan fingerprint density at radius 2 is 1.39 bits per heavy atom. The highest BCUT2D eigenvalue weighted by Gasteiger charge is 2.24. The van der Waals surface area contributed by atoms with Crippen LogP contribution in [0, 0.1) is 13.8 Å². The Labute approximate surface area is 427 Å². The van der Waals surface area contributed by atoms with Gasteiger partial charge in [-0.1, -0.05) is 12.2 Å². The van der Waals surface area contributed by atoms with Crippen LogP contribution in [0.25, 0.3) is 44.5 Å². The second-order valence-corrected chi connectivity index (χ2v) is 18.5. The number of aromatic nitrogens is 9. The quantitative estimate of drug-likeness (QED) is 0.0250. The van der Waals surface area contributed by atoms with E-state index in [0.717, 1.165) is 11.4 Å². The van der Waals surface area contributed by atoms with Gasteiger partial charge in [-0.2, -0.15) is 10.2 Å². The molecule has 0 saturated carbocycles. The SMILES string of the molecule is CCn1nc(C)cc1C(=O)Cc1nc2cc(C(N)=O)cc(OCCCNC(=O)OCCC(=O)OC(C)(C)C)c2n1C/C=C/Cn1c2nc(-c3cc(C)nn3CC)ncc2c2cc(C(N)=O)cc(OCCCOC)c21. The minimum absolute atomic E-state index is 0.0866. The highest BCUT2D eigenvalue weighted by atomic mass is 16.6. The van der Waals surface area contributed by atoms with Crippen molar-refractivity contribution in [3.05, 3.63) is 88.8 Å². The number of carbonyl (C=O) groups is 5. The summed E-state index contributed by atoms with van der Waals surface area (Å²) >= 11 is 0. The molecule has 22 nitrogen and oxygen atoms in total. The number of nitrogens with zero attached hydrogens (tertiary/aromatic N) is 9. The van der Waals surface area contributed by atoms with Crippen LogP contribution in [-0.2, 0) is 51.6 Å². The third-order valence-corrected chi connectivity index (χ3v) is 11.7. The Balaban J connectivity index is 1.23. The van der Waals surface area contributed by atoms with Gasteiger partial charge in [0, 0.05) is 81.0 Å². The van der Waals surface area contributed by atoms with Crippen molar-refractivity contribution in [3.8, 4) is 23.0 Å². The molecule has 3 amide bonds. The molecule has 0 saturated heterocycles. The number of esters is 1. The maximum Gasteiger partial charge on any atom is 0.407 e. The van der Waals surface area contributed by atoms with Gasteiger partial charge in [-0.15, -0.1) is 0 Å². The summed E-state index contributed by atoms with van der Waals surface area (Å²) in [6, 6.07) is 10.1. The van der Waals surface area contributed by atoms with Gasteiger partial charge in [-0.25, -0.2) is 19.7 Å². The number of hydrogen-bond acceptors (Lipinski definition) is 15. The topological polar surface area (TPSA) is 280 Å². The van der Waals surface area contributed by atoms with Crippen molar-refractivity contribution in [2.45, 2.75) is 106 Å². The molecule has 22 heteroatoms. The average molecular weight is 1020 g/mol. The molecule has 0 fully saturated rings. The predicted octanol–water partition coefficient (Wildman–Crippen LogP) is 6.17. The Kier molecular flexibility index (Phi) is 17.1. The second-order valence-electron chi connectivity index (χ2n) is 18.5. The molecule has 0 aliphatic heterocycles. The number of primary amides is 2. The number of rotatable bonds is 25. The summed E-state index contributed by atoms with van der Waals surface area (Å²) < 4.78 is 35.7. The summed E-state index contributed by atoms with van der Waals surface area (Å²) in [4.78, 5) is 78.7. The predicted molar refractivity (Wildman–Crippen MR) is 275 cm³/mol. The molecule has 0 unspecified atom stereocenters. The van der Waals surface area contributed by atoms with E-state index in [0.29, 0.717) is 101 Å².